The second kappa shape index (κ2) is 7.76. The van der Waals surface area contributed by atoms with Crippen LogP contribution >= 0.6 is 11.3 Å². The van der Waals surface area contributed by atoms with E-state index in [1.807, 2.05) is 34.5 Å². The van der Waals surface area contributed by atoms with Crippen LogP contribution in [0.15, 0.2) is 29.6 Å². The van der Waals surface area contributed by atoms with Gasteiger partial charge in [-0.3, -0.25) is 4.79 Å². The van der Waals surface area contributed by atoms with Crippen LogP contribution in [0.3, 0.4) is 0 Å². The fourth-order valence-corrected chi connectivity index (χ4v) is 4.70. The number of rotatable bonds is 4. The molecule has 0 bridgehead atoms. The van der Waals surface area contributed by atoms with Gasteiger partial charge >= 0.3 is 0 Å². The van der Waals surface area contributed by atoms with Crippen molar-refractivity contribution in [2.24, 2.45) is 5.92 Å². The van der Waals surface area contributed by atoms with Gasteiger partial charge in [0.15, 0.2) is 0 Å². The number of nitrogens with zero attached hydrogens (tertiary/aromatic N) is 2. The minimum Gasteiger partial charge on any atom is -0.496 e. The maximum absolute atomic E-state index is 12.7. The summed E-state index contributed by atoms with van der Waals surface area (Å²) >= 11 is 1.59. The number of hydrogen-bond acceptors (Lipinski definition) is 5. The first-order chi connectivity index (χ1) is 12.8. The van der Waals surface area contributed by atoms with Gasteiger partial charge in [0.2, 0.25) is 5.91 Å². The molecule has 1 aliphatic carbocycles. The number of hydrogen-bond donors (Lipinski definition) is 0. The second-order valence-corrected chi connectivity index (χ2v) is 7.79. The van der Waals surface area contributed by atoms with E-state index in [1.165, 1.54) is 12.8 Å². The Morgan fingerprint density at radius 2 is 2.12 bits per heavy atom. The number of carbonyl (C=O) groups excluding carboxylic acids is 1. The van der Waals surface area contributed by atoms with Gasteiger partial charge in [-0.2, -0.15) is 0 Å². The second-order valence-electron chi connectivity index (χ2n) is 6.90. The lowest BCUT2D eigenvalue weighted by molar-refractivity contribution is -0.143. The molecule has 0 spiro atoms. The molecule has 2 heterocycles. The van der Waals surface area contributed by atoms with E-state index in [0.717, 1.165) is 34.9 Å². The van der Waals surface area contributed by atoms with E-state index in [0.29, 0.717) is 25.6 Å². The van der Waals surface area contributed by atoms with E-state index in [1.54, 1.807) is 18.4 Å². The van der Waals surface area contributed by atoms with Crippen LogP contribution in [-0.4, -0.2) is 42.6 Å². The Hall–Kier alpha value is -1.92. The van der Waals surface area contributed by atoms with Crippen molar-refractivity contribution < 1.29 is 14.3 Å². The van der Waals surface area contributed by atoms with Crippen molar-refractivity contribution in [3.05, 3.63) is 34.7 Å². The van der Waals surface area contributed by atoms with Crippen LogP contribution in [0.4, 0.5) is 0 Å². The molecule has 0 N–H and O–H groups in total. The van der Waals surface area contributed by atoms with Gasteiger partial charge in [0.1, 0.15) is 16.9 Å². The van der Waals surface area contributed by atoms with E-state index >= 15 is 0 Å². The smallest absolute Gasteiger partial charge is 0.225 e. The molecule has 6 heteroatoms. The molecule has 1 aromatic carbocycles. The topological polar surface area (TPSA) is 51.7 Å². The van der Waals surface area contributed by atoms with Gasteiger partial charge in [-0.05, 0) is 25.0 Å². The Kier molecular flexibility index (Phi) is 5.22. The Bertz CT molecular complexity index is 770. The summed E-state index contributed by atoms with van der Waals surface area (Å²) in [6, 6.07) is 7.88. The van der Waals surface area contributed by atoms with Crippen LogP contribution in [0.5, 0.6) is 5.75 Å². The molecule has 5 nitrogen and oxygen atoms in total. The highest BCUT2D eigenvalue weighted by Crippen LogP contribution is 2.34. The van der Waals surface area contributed by atoms with Crippen LogP contribution in [0.2, 0.25) is 0 Å². The summed E-state index contributed by atoms with van der Waals surface area (Å²) in [7, 11) is 1.67. The lowest BCUT2D eigenvalue weighted by atomic mass is 10.1. The molecule has 2 fully saturated rings. The fraction of sp³-hybridized carbons (Fsp3) is 0.500. The molecule has 1 aliphatic heterocycles. The molecule has 4 rings (SSSR count). The number of benzene rings is 1. The first-order valence-electron chi connectivity index (χ1n) is 9.25. The summed E-state index contributed by atoms with van der Waals surface area (Å²) in [5.41, 5.74) is 1.87. The average Bonchev–Trinajstić information content (AvgIpc) is 3.39. The van der Waals surface area contributed by atoms with Crippen LogP contribution < -0.4 is 4.74 Å². The number of morpholine rings is 1. The molecule has 1 saturated carbocycles. The Balaban J connectivity index is 1.49. The van der Waals surface area contributed by atoms with Gasteiger partial charge in [0.25, 0.3) is 0 Å². The number of thiazole rings is 1. The predicted octanol–water partition coefficient (Wildman–Crippen LogP) is 3.91. The largest absolute Gasteiger partial charge is 0.496 e. The highest BCUT2D eigenvalue weighted by molar-refractivity contribution is 7.10. The molecule has 1 atom stereocenters. The molecule has 26 heavy (non-hydrogen) atoms. The minimum absolute atomic E-state index is 0.137. The molecule has 1 aromatic heterocycles. The van der Waals surface area contributed by atoms with Gasteiger partial charge in [-0.25, -0.2) is 4.98 Å². The molecular weight excluding hydrogens is 348 g/mol. The Labute approximate surface area is 157 Å². The minimum atomic E-state index is -0.137. The van der Waals surface area contributed by atoms with Crippen molar-refractivity contribution >= 4 is 17.2 Å². The van der Waals surface area contributed by atoms with Gasteiger partial charge in [-0.15, -0.1) is 11.3 Å². The van der Waals surface area contributed by atoms with Gasteiger partial charge in [0, 0.05) is 23.4 Å². The lowest BCUT2D eigenvalue weighted by Gasteiger charge is -2.33. The van der Waals surface area contributed by atoms with Gasteiger partial charge in [-0.1, -0.05) is 25.0 Å². The number of carbonyl (C=O) groups is 1. The summed E-state index contributed by atoms with van der Waals surface area (Å²) in [6.45, 7) is 1.87. The van der Waals surface area contributed by atoms with E-state index < -0.39 is 0 Å². The van der Waals surface area contributed by atoms with Gasteiger partial charge in [0.05, 0.1) is 26.0 Å². The third-order valence-corrected chi connectivity index (χ3v) is 6.20. The van der Waals surface area contributed by atoms with Crippen molar-refractivity contribution in [1.82, 2.24) is 9.88 Å². The Morgan fingerprint density at radius 3 is 2.92 bits per heavy atom. The number of para-hydroxylation sites is 1. The number of methoxy groups -OCH3 is 1. The quantitative estimate of drug-likeness (QED) is 0.817. The number of amides is 1. The summed E-state index contributed by atoms with van der Waals surface area (Å²) in [5.74, 6) is 1.33. The van der Waals surface area contributed by atoms with Crippen LogP contribution in [0.1, 0.15) is 36.8 Å². The highest BCUT2D eigenvalue weighted by atomic mass is 32.1. The zero-order valence-corrected chi connectivity index (χ0v) is 15.8. The van der Waals surface area contributed by atoms with Crippen molar-refractivity contribution in [2.45, 2.75) is 31.8 Å². The molecule has 1 amide bonds. The maximum atomic E-state index is 12.7. The summed E-state index contributed by atoms with van der Waals surface area (Å²) in [6.07, 6.45) is 4.30. The molecule has 2 aromatic rings. The van der Waals surface area contributed by atoms with Gasteiger partial charge < -0.3 is 14.4 Å². The van der Waals surface area contributed by atoms with E-state index in [4.69, 9.17) is 14.5 Å². The summed E-state index contributed by atoms with van der Waals surface area (Å²) < 4.78 is 11.4. The SMILES string of the molecule is COc1ccccc1-c1csc(C2CN(C(=O)C3CCCC3)CCO2)n1. The molecule has 2 aliphatic rings. The Morgan fingerprint density at radius 1 is 1.31 bits per heavy atom. The maximum Gasteiger partial charge on any atom is 0.225 e. The monoisotopic (exact) mass is 372 g/mol. The van der Waals surface area contributed by atoms with Crippen molar-refractivity contribution in [1.29, 1.82) is 0 Å². The number of ether oxygens (including phenoxy) is 2. The molecule has 1 saturated heterocycles. The summed E-state index contributed by atoms with van der Waals surface area (Å²) in [4.78, 5) is 19.5. The first-order valence-corrected chi connectivity index (χ1v) is 10.1. The third kappa shape index (κ3) is 3.48. The lowest BCUT2D eigenvalue weighted by Crippen LogP contribution is -2.44. The first kappa shape index (κ1) is 17.5. The molecule has 0 radical (unpaired) electrons. The average molecular weight is 372 g/mol. The van der Waals surface area contributed by atoms with Crippen LogP contribution in [0.25, 0.3) is 11.3 Å². The number of aromatic nitrogens is 1. The summed E-state index contributed by atoms with van der Waals surface area (Å²) in [5, 5.41) is 2.96. The van der Waals surface area contributed by atoms with E-state index in [9.17, 15) is 4.79 Å². The van der Waals surface area contributed by atoms with Crippen LogP contribution in [0, 0.1) is 5.92 Å². The van der Waals surface area contributed by atoms with E-state index in [-0.39, 0.29) is 12.0 Å². The van der Waals surface area contributed by atoms with Crippen molar-refractivity contribution in [3.63, 3.8) is 0 Å². The zero-order valence-electron chi connectivity index (χ0n) is 15.0. The molecule has 138 valence electrons. The molecule has 1 unspecified atom stereocenters. The molecular formula is C20H24N2O3S. The van der Waals surface area contributed by atoms with Crippen LogP contribution in [-0.2, 0) is 9.53 Å². The normalized spacial score (nSPS) is 21.1. The highest BCUT2D eigenvalue weighted by Gasteiger charge is 2.32. The standard InChI is InChI=1S/C20H24N2O3S/c1-24-17-9-5-4-8-15(17)16-13-26-19(21-16)18-12-22(10-11-25-18)20(23)14-6-2-3-7-14/h4-5,8-9,13-14,18H,2-3,6-7,10-12H2,1H3. The predicted molar refractivity (Wildman–Crippen MR) is 101 cm³/mol. The third-order valence-electron chi connectivity index (χ3n) is 5.26. The zero-order chi connectivity index (χ0) is 17.9. The van der Waals surface area contributed by atoms with E-state index in [2.05, 4.69) is 0 Å². The fourth-order valence-electron chi connectivity index (χ4n) is 3.85. The van der Waals surface area contributed by atoms with Crippen molar-refractivity contribution in [2.75, 3.05) is 26.8 Å². The van der Waals surface area contributed by atoms with Crippen molar-refractivity contribution in [3.8, 4) is 17.0 Å².